The van der Waals surface area contributed by atoms with Gasteiger partial charge in [0.25, 0.3) is 0 Å². The summed E-state index contributed by atoms with van der Waals surface area (Å²) in [5.41, 5.74) is 1.09. The molecule has 1 fully saturated rings. The molecule has 1 N–H and O–H groups in total. The largest absolute Gasteiger partial charge is 0.383 e. The average Bonchev–Trinajstić information content (AvgIpc) is 2.36. The molecule has 1 aliphatic rings. The quantitative estimate of drug-likeness (QED) is 0.813. The highest BCUT2D eigenvalue weighted by Crippen LogP contribution is 2.30. The molecule has 96 valence electrons. The van der Waals surface area contributed by atoms with Gasteiger partial charge in [0.2, 0.25) is 0 Å². The Hall–Kier alpha value is -0.930. The second-order valence-electron chi connectivity index (χ2n) is 4.50. The first-order valence-electron chi connectivity index (χ1n) is 6.45. The number of piperidine rings is 1. The zero-order valence-corrected chi connectivity index (χ0v) is 11.4. The molecule has 0 spiro atoms. The number of hydrogen-bond acceptors (Lipinski definition) is 3. The molecular formula is C14H24N2O. The Morgan fingerprint density at radius 3 is 2.35 bits per heavy atom. The van der Waals surface area contributed by atoms with Crippen molar-refractivity contribution in [2.75, 3.05) is 20.1 Å². The molecule has 0 saturated carbocycles. The Balaban J connectivity index is 0.000000686. The van der Waals surface area contributed by atoms with Crippen molar-refractivity contribution in [2.24, 2.45) is 0 Å². The Labute approximate surface area is 104 Å². The third kappa shape index (κ3) is 3.51. The van der Waals surface area contributed by atoms with Gasteiger partial charge in [-0.25, -0.2) is 0 Å². The Bertz CT molecular complexity index is 344. The summed E-state index contributed by atoms with van der Waals surface area (Å²) in [5, 5.41) is 10.5. The first-order valence-corrected chi connectivity index (χ1v) is 6.45. The van der Waals surface area contributed by atoms with Crippen LogP contribution in [0.25, 0.3) is 0 Å². The number of aromatic nitrogens is 1. The fraction of sp³-hybridized carbons (Fsp3) is 0.643. The molecule has 0 atom stereocenters. The second kappa shape index (κ2) is 6.12. The number of aliphatic hydroxyl groups is 1. The van der Waals surface area contributed by atoms with E-state index in [1.54, 1.807) is 0 Å². The van der Waals surface area contributed by atoms with Crippen molar-refractivity contribution in [1.29, 1.82) is 0 Å². The number of nitrogens with zero attached hydrogens (tertiary/aromatic N) is 2. The van der Waals surface area contributed by atoms with Crippen LogP contribution in [0.15, 0.2) is 18.2 Å². The molecule has 1 aromatic heterocycles. The van der Waals surface area contributed by atoms with E-state index in [1.165, 1.54) is 0 Å². The van der Waals surface area contributed by atoms with Gasteiger partial charge in [0, 0.05) is 18.8 Å². The van der Waals surface area contributed by atoms with Crippen molar-refractivity contribution in [1.82, 2.24) is 9.88 Å². The maximum Gasteiger partial charge on any atom is 0.109 e. The van der Waals surface area contributed by atoms with Crippen LogP contribution >= 0.6 is 0 Å². The Kier molecular flexibility index (Phi) is 5.09. The van der Waals surface area contributed by atoms with E-state index in [0.717, 1.165) is 37.3 Å². The highest BCUT2D eigenvalue weighted by molar-refractivity contribution is 5.17. The van der Waals surface area contributed by atoms with Crippen LogP contribution in [0.1, 0.15) is 38.1 Å². The molecule has 0 aromatic carbocycles. The van der Waals surface area contributed by atoms with E-state index in [1.807, 2.05) is 39.0 Å². The molecule has 1 saturated heterocycles. The van der Waals surface area contributed by atoms with E-state index in [9.17, 15) is 5.11 Å². The number of rotatable bonds is 1. The minimum Gasteiger partial charge on any atom is -0.383 e. The van der Waals surface area contributed by atoms with Gasteiger partial charge in [0.1, 0.15) is 5.60 Å². The Morgan fingerprint density at radius 2 is 1.82 bits per heavy atom. The van der Waals surface area contributed by atoms with Gasteiger partial charge >= 0.3 is 0 Å². The van der Waals surface area contributed by atoms with Gasteiger partial charge in [-0.1, -0.05) is 19.9 Å². The summed E-state index contributed by atoms with van der Waals surface area (Å²) in [5.74, 6) is 0. The highest BCUT2D eigenvalue weighted by atomic mass is 16.3. The van der Waals surface area contributed by atoms with Crippen LogP contribution in [-0.4, -0.2) is 35.1 Å². The van der Waals surface area contributed by atoms with Crippen LogP contribution in [-0.2, 0) is 5.60 Å². The smallest absolute Gasteiger partial charge is 0.109 e. The molecule has 1 aromatic rings. The first kappa shape index (κ1) is 14.1. The fourth-order valence-corrected chi connectivity index (χ4v) is 2.05. The fourth-order valence-electron chi connectivity index (χ4n) is 2.05. The van der Waals surface area contributed by atoms with Crippen molar-refractivity contribution < 1.29 is 5.11 Å². The van der Waals surface area contributed by atoms with Crippen LogP contribution in [0, 0.1) is 6.92 Å². The molecule has 2 rings (SSSR count). The lowest BCUT2D eigenvalue weighted by atomic mass is 9.88. The molecule has 0 bridgehead atoms. The lowest BCUT2D eigenvalue weighted by molar-refractivity contribution is -0.0239. The zero-order chi connectivity index (χ0) is 12.9. The second-order valence-corrected chi connectivity index (χ2v) is 4.50. The maximum atomic E-state index is 10.5. The topological polar surface area (TPSA) is 36.4 Å². The predicted octanol–water partition coefficient (Wildman–Crippen LogP) is 2.33. The summed E-state index contributed by atoms with van der Waals surface area (Å²) >= 11 is 0. The van der Waals surface area contributed by atoms with Gasteiger partial charge in [0.05, 0.1) is 5.69 Å². The van der Waals surface area contributed by atoms with Gasteiger partial charge in [-0.15, -0.1) is 0 Å². The average molecular weight is 236 g/mol. The third-order valence-corrected chi connectivity index (χ3v) is 3.18. The van der Waals surface area contributed by atoms with Gasteiger partial charge in [0.15, 0.2) is 0 Å². The van der Waals surface area contributed by atoms with Crippen molar-refractivity contribution in [3.63, 3.8) is 0 Å². The molecule has 1 aliphatic heterocycles. The predicted molar refractivity (Wildman–Crippen MR) is 70.9 cm³/mol. The van der Waals surface area contributed by atoms with Crippen molar-refractivity contribution in [3.8, 4) is 0 Å². The zero-order valence-electron chi connectivity index (χ0n) is 11.4. The van der Waals surface area contributed by atoms with Gasteiger partial charge in [-0.05, 0) is 38.9 Å². The van der Waals surface area contributed by atoms with Crippen LogP contribution in [0.4, 0.5) is 0 Å². The number of likely N-dealkylation sites (tertiary alicyclic amines) is 1. The number of hydrogen-bond donors (Lipinski definition) is 1. The minimum atomic E-state index is -0.710. The molecule has 0 unspecified atom stereocenters. The van der Waals surface area contributed by atoms with E-state index in [0.29, 0.717) is 0 Å². The molecule has 3 nitrogen and oxygen atoms in total. The molecule has 0 radical (unpaired) electrons. The van der Waals surface area contributed by atoms with Gasteiger partial charge < -0.3 is 10.0 Å². The van der Waals surface area contributed by atoms with Gasteiger partial charge in [-0.3, -0.25) is 4.98 Å². The summed E-state index contributed by atoms with van der Waals surface area (Å²) in [4.78, 5) is 6.67. The standard InChI is InChI=1S/C12H18N2O.C2H6/c1-10-4-3-5-11(13-10)12(15)6-8-14(2)9-7-12;1-2/h3-5,15H,6-9H2,1-2H3;1-2H3. The van der Waals surface area contributed by atoms with Crippen molar-refractivity contribution in [2.45, 2.75) is 39.2 Å². The summed E-state index contributed by atoms with van der Waals surface area (Å²) < 4.78 is 0. The first-order chi connectivity index (χ1) is 8.10. The van der Waals surface area contributed by atoms with Crippen molar-refractivity contribution in [3.05, 3.63) is 29.6 Å². The summed E-state index contributed by atoms with van der Waals surface area (Å²) in [6.45, 7) is 7.83. The van der Waals surface area contributed by atoms with Crippen molar-refractivity contribution >= 4 is 0 Å². The van der Waals surface area contributed by atoms with Gasteiger partial charge in [-0.2, -0.15) is 0 Å². The molecular weight excluding hydrogens is 212 g/mol. The molecule has 17 heavy (non-hydrogen) atoms. The SMILES string of the molecule is CC.Cc1cccc(C2(O)CCN(C)CC2)n1. The Morgan fingerprint density at radius 1 is 1.24 bits per heavy atom. The van der Waals surface area contributed by atoms with E-state index in [4.69, 9.17) is 0 Å². The number of aryl methyl sites for hydroxylation is 1. The highest BCUT2D eigenvalue weighted by Gasteiger charge is 2.34. The monoisotopic (exact) mass is 236 g/mol. The van der Waals surface area contributed by atoms with E-state index < -0.39 is 5.60 Å². The summed E-state index contributed by atoms with van der Waals surface area (Å²) in [6.07, 6.45) is 1.56. The lowest BCUT2D eigenvalue weighted by Crippen LogP contribution is -2.41. The summed E-state index contributed by atoms with van der Waals surface area (Å²) in [6, 6.07) is 5.86. The van der Waals surface area contributed by atoms with Crippen LogP contribution in [0.5, 0.6) is 0 Å². The van der Waals surface area contributed by atoms with E-state index >= 15 is 0 Å². The minimum absolute atomic E-state index is 0.710. The van der Waals surface area contributed by atoms with Crippen LogP contribution in [0.2, 0.25) is 0 Å². The normalized spacial score (nSPS) is 19.4. The maximum absolute atomic E-state index is 10.5. The van der Waals surface area contributed by atoms with E-state index in [-0.39, 0.29) is 0 Å². The van der Waals surface area contributed by atoms with E-state index in [2.05, 4.69) is 16.9 Å². The summed E-state index contributed by atoms with van der Waals surface area (Å²) in [7, 11) is 2.09. The molecule has 2 heterocycles. The third-order valence-electron chi connectivity index (χ3n) is 3.18. The van der Waals surface area contributed by atoms with Crippen LogP contribution < -0.4 is 0 Å². The molecule has 0 amide bonds. The molecule has 3 heteroatoms. The van der Waals surface area contributed by atoms with Crippen LogP contribution in [0.3, 0.4) is 0 Å². The molecule has 0 aliphatic carbocycles. The lowest BCUT2D eigenvalue weighted by Gasteiger charge is -2.36. The number of pyridine rings is 1.